The molecule has 0 spiro atoms. The molecule has 9 heteroatoms. The third-order valence-electron chi connectivity index (χ3n) is 18.3. The molecule has 6 unspecified atom stereocenters. The van der Waals surface area contributed by atoms with E-state index in [1.807, 2.05) is 33.2 Å². The Bertz CT molecular complexity index is 2650. The summed E-state index contributed by atoms with van der Waals surface area (Å²) < 4.78 is 14.1. The second-order valence-corrected chi connectivity index (χ2v) is 32.0. The van der Waals surface area contributed by atoms with Gasteiger partial charge in [0.1, 0.15) is 5.60 Å². The van der Waals surface area contributed by atoms with Crippen LogP contribution in [0.2, 0.25) is 18.1 Å². The number of aryl methyl sites for hydroxylation is 1. The summed E-state index contributed by atoms with van der Waals surface area (Å²) in [5.41, 5.74) is 14.5. The average Bonchev–Trinajstić information content (AvgIpc) is 3.92. The Morgan fingerprint density at radius 2 is 1.61 bits per heavy atom. The number of rotatable bonds is 16. The normalized spacial score (nSPS) is 23.7. The van der Waals surface area contributed by atoms with Crippen LogP contribution in [-0.2, 0) is 15.6 Å². The minimum Gasteiger partial charge on any atom is -0.444 e. The van der Waals surface area contributed by atoms with Gasteiger partial charge in [0, 0.05) is 16.1 Å². The summed E-state index contributed by atoms with van der Waals surface area (Å²) in [5, 5.41) is 3.28. The minimum atomic E-state index is -2.17. The molecule has 3 aromatic carbocycles. The first kappa shape index (κ1) is 56.6. The smallest absolute Gasteiger partial charge is 0.408 e. The number of hydrogen-bond acceptors (Lipinski definition) is 6. The molecule has 4 aliphatic rings. The van der Waals surface area contributed by atoms with E-state index in [0.717, 1.165) is 80.9 Å². The Morgan fingerprint density at radius 1 is 0.892 bits per heavy atom. The maximum Gasteiger partial charge on any atom is 0.408 e. The highest BCUT2D eigenvalue weighted by molar-refractivity contribution is 9.10. The number of alkyl carbamates (subject to hydrolysis) is 1. The highest BCUT2D eigenvalue weighted by atomic mass is 79.9. The molecule has 1 aromatic heterocycles. The fraction of sp³-hybridized carbons (Fsp3) is 0.585. The van der Waals surface area contributed by atoms with Crippen LogP contribution in [0, 0.1) is 24.7 Å². The lowest BCUT2D eigenvalue weighted by molar-refractivity contribution is 0.0508. The molecule has 1 heterocycles. The number of allylic oxidation sites excluding steroid dienone is 2. The van der Waals surface area contributed by atoms with E-state index >= 15 is 0 Å². The van der Waals surface area contributed by atoms with Crippen molar-refractivity contribution >= 4 is 47.5 Å². The van der Waals surface area contributed by atoms with Crippen LogP contribution >= 0.6 is 27.3 Å². The van der Waals surface area contributed by atoms with Crippen LogP contribution in [0.15, 0.2) is 93.9 Å². The molecule has 7 atom stereocenters. The van der Waals surface area contributed by atoms with Gasteiger partial charge in [-0.05, 0) is 203 Å². The number of Topliss-reactive ketones (excluding diaryl/α,β-unsaturated/α-hetero) is 1. The molecular formula is C65H89BrN2O4SSi. The molecule has 4 aliphatic carbocycles. The van der Waals surface area contributed by atoms with Gasteiger partial charge >= 0.3 is 6.09 Å². The highest BCUT2D eigenvalue weighted by Gasteiger charge is 2.41. The van der Waals surface area contributed by atoms with E-state index in [1.165, 1.54) is 92.9 Å². The Kier molecular flexibility index (Phi) is 18.3. The van der Waals surface area contributed by atoms with Gasteiger partial charge in [0.25, 0.3) is 0 Å². The van der Waals surface area contributed by atoms with E-state index in [9.17, 15) is 9.59 Å². The summed E-state index contributed by atoms with van der Waals surface area (Å²) >= 11 is 5.51. The molecule has 400 valence electrons. The predicted molar refractivity (Wildman–Crippen MR) is 315 cm³/mol. The van der Waals surface area contributed by atoms with Crippen molar-refractivity contribution in [3.8, 4) is 10.4 Å². The van der Waals surface area contributed by atoms with Crippen LogP contribution in [0.1, 0.15) is 226 Å². The fourth-order valence-corrected chi connectivity index (χ4v) is 15.9. The van der Waals surface area contributed by atoms with Gasteiger partial charge in [-0.1, -0.05) is 156 Å². The van der Waals surface area contributed by atoms with Crippen LogP contribution in [-0.4, -0.2) is 36.9 Å². The largest absolute Gasteiger partial charge is 0.444 e. The van der Waals surface area contributed by atoms with Crippen molar-refractivity contribution < 1.29 is 18.8 Å². The molecule has 2 saturated carbocycles. The van der Waals surface area contributed by atoms with Gasteiger partial charge in [-0.3, -0.25) is 4.79 Å². The topological polar surface area (TPSA) is 77.5 Å². The third kappa shape index (κ3) is 13.4. The number of nitrogens with zero attached hydrogens (tertiary/aromatic N) is 1. The SMILES string of the molecule is C=C(CC(CCC1CCCC(c2ccc3c(c2)CC(CCC2CCCC2)/C2=C(\CC)C(=O)c4c(Br)cccc4C(C)C3C2)CC1)O[Si](C)(C)C(C)(C)C)[C@H](NC(=O)OC(C)(C)C)c1ccc(-c2scnc2C)cc1. The van der Waals surface area contributed by atoms with Crippen molar-refractivity contribution in [1.82, 2.24) is 10.3 Å². The molecule has 1 amide bonds. The average molecular weight is 1100 g/mol. The Hall–Kier alpha value is -3.63. The molecular weight excluding hydrogens is 1010 g/mol. The van der Waals surface area contributed by atoms with Gasteiger partial charge in [-0.25, -0.2) is 9.78 Å². The zero-order valence-corrected chi connectivity index (χ0v) is 50.5. The number of aromatic nitrogens is 1. The summed E-state index contributed by atoms with van der Waals surface area (Å²) in [4.78, 5) is 33.9. The van der Waals surface area contributed by atoms with Crippen LogP contribution in [0.25, 0.3) is 10.4 Å². The van der Waals surface area contributed by atoms with Crippen molar-refractivity contribution in [1.29, 1.82) is 0 Å². The van der Waals surface area contributed by atoms with E-state index in [4.69, 9.17) is 15.7 Å². The summed E-state index contributed by atoms with van der Waals surface area (Å²) in [6.45, 7) is 28.8. The van der Waals surface area contributed by atoms with Gasteiger partial charge in [-0.2, -0.15) is 0 Å². The predicted octanol–water partition coefficient (Wildman–Crippen LogP) is 19.3. The molecule has 0 radical (unpaired) electrons. The molecule has 8 rings (SSSR count). The number of hydrogen-bond donors (Lipinski definition) is 1. The van der Waals surface area contributed by atoms with E-state index < -0.39 is 26.1 Å². The Labute approximate surface area is 460 Å². The number of fused-ring (bicyclic) bond motifs is 5. The van der Waals surface area contributed by atoms with Gasteiger partial charge < -0.3 is 14.5 Å². The molecule has 1 N–H and O–H groups in total. The minimum absolute atomic E-state index is 0.0161. The molecule has 2 bridgehead atoms. The molecule has 0 saturated heterocycles. The van der Waals surface area contributed by atoms with E-state index in [2.05, 4.69) is 135 Å². The monoisotopic (exact) mass is 1100 g/mol. The zero-order chi connectivity index (χ0) is 53.1. The first-order valence-electron chi connectivity index (χ1n) is 28.6. The molecule has 0 aliphatic heterocycles. The number of carbonyl (C=O) groups excluding carboxylic acids is 2. The number of ketones is 1. The first-order valence-corrected chi connectivity index (χ1v) is 33.2. The van der Waals surface area contributed by atoms with Crippen LogP contribution in [0.3, 0.4) is 0 Å². The second-order valence-electron chi connectivity index (χ2n) is 25.6. The summed E-state index contributed by atoms with van der Waals surface area (Å²) in [5.74, 6) is 3.23. The lowest BCUT2D eigenvalue weighted by Gasteiger charge is -2.40. The number of ether oxygens (including phenoxy) is 1. The third-order valence-corrected chi connectivity index (χ3v) is 24.5. The maximum absolute atomic E-state index is 14.7. The van der Waals surface area contributed by atoms with Crippen LogP contribution in [0.5, 0.6) is 0 Å². The Balaban J connectivity index is 1.01. The zero-order valence-electron chi connectivity index (χ0n) is 47.1. The van der Waals surface area contributed by atoms with Crippen molar-refractivity contribution in [3.05, 3.63) is 133 Å². The standard InChI is InChI=1S/C65H89BrN2O4SSi/c1-13-53-57-39-56(42(3)54-22-17-23-58(66)59(54)61(53)69)55-35-33-49(37-51(55)38-50(57)28-25-44-18-14-15-19-44)46-21-16-20-45(24-27-46)26-34-52(72-74(11,12)65(8,9)10)36-41(2)60(68-63(70)71-64(5,6)7)47-29-31-48(32-30-47)62-43(4)67-40-73-62/h17,22-23,29-33,35,37,40,42,44-46,50,52,56,60H,2,13-16,18-21,24-28,34,36,38-39H2,1,3-12H3,(H,68,70)/b57-53+/t42?,45?,46?,50?,52?,56?,60-/m0/s1. The second kappa shape index (κ2) is 23.9. The molecule has 6 nitrogen and oxygen atoms in total. The van der Waals surface area contributed by atoms with Gasteiger partial charge in [0.2, 0.25) is 0 Å². The van der Waals surface area contributed by atoms with Gasteiger partial charge in [-0.15, -0.1) is 11.3 Å². The number of thiazole rings is 1. The van der Waals surface area contributed by atoms with Gasteiger partial charge in [0.15, 0.2) is 14.1 Å². The van der Waals surface area contributed by atoms with E-state index in [-0.39, 0.29) is 22.8 Å². The number of amides is 1. The molecule has 4 aromatic rings. The van der Waals surface area contributed by atoms with Crippen molar-refractivity contribution in [2.24, 2.45) is 17.8 Å². The van der Waals surface area contributed by atoms with Crippen molar-refractivity contribution in [2.75, 3.05) is 0 Å². The summed E-state index contributed by atoms with van der Waals surface area (Å²) in [6.07, 6.45) is 19.1. The number of carbonyl (C=O) groups is 2. The molecule has 2 fully saturated rings. The van der Waals surface area contributed by atoms with Crippen LogP contribution in [0.4, 0.5) is 4.79 Å². The van der Waals surface area contributed by atoms with Gasteiger partial charge in [0.05, 0.1) is 22.1 Å². The molecule has 74 heavy (non-hydrogen) atoms. The lowest BCUT2D eigenvalue weighted by Crippen LogP contribution is -2.44. The summed E-state index contributed by atoms with van der Waals surface area (Å²) in [7, 11) is -2.17. The number of nitrogens with one attached hydrogen (secondary N) is 1. The van der Waals surface area contributed by atoms with E-state index in [0.29, 0.717) is 30.1 Å². The van der Waals surface area contributed by atoms with E-state index in [1.54, 1.807) is 16.9 Å². The highest BCUT2D eigenvalue weighted by Crippen LogP contribution is 2.51. The maximum atomic E-state index is 14.7. The number of halogens is 1. The first-order chi connectivity index (χ1) is 35.1. The van der Waals surface area contributed by atoms with Crippen molar-refractivity contribution in [3.63, 3.8) is 0 Å². The fourth-order valence-electron chi connectivity index (χ4n) is 13.1. The summed E-state index contributed by atoms with van der Waals surface area (Å²) in [6, 6.07) is 22.2. The quantitative estimate of drug-likeness (QED) is 0.0687. The lowest BCUT2D eigenvalue weighted by atomic mass is 9.72. The van der Waals surface area contributed by atoms with Crippen LogP contribution < -0.4 is 5.32 Å². The Morgan fingerprint density at radius 3 is 2.28 bits per heavy atom. The number of benzene rings is 3. The van der Waals surface area contributed by atoms with Crippen molar-refractivity contribution in [2.45, 2.75) is 225 Å².